The van der Waals surface area contributed by atoms with Gasteiger partial charge in [-0.05, 0) is 23.8 Å². The molecule has 114 valence electrons. The fourth-order valence-corrected chi connectivity index (χ4v) is 2.66. The second kappa shape index (κ2) is 5.35. The Morgan fingerprint density at radius 3 is 2.62 bits per heavy atom. The van der Waals surface area contributed by atoms with Crippen LogP contribution >= 0.6 is 0 Å². The van der Waals surface area contributed by atoms with E-state index < -0.39 is 4.92 Å². The molecule has 2 rings (SSSR count). The Kier molecular flexibility index (Phi) is 3.89. The summed E-state index contributed by atoms with van der Waals surface area (Å²) in [6, 6.07) is 4.00. The smallest absolute Gasteiger partial charge is 0.270 e. The van der Waals surface area contributed by atoms with Crippen molar-refractivity contribution in [2.45, 2.75) is 27.2 Å². The van der Waals surface area contributed by atoms with Crippen molar-refractivity contribution in [3.05, 3.63) is 33.9 Å². The number of nitrogens with zero attached hydrogens (tertiary/aromatic N) is 2. The van der Waals surface area contributed by atoms with Crippen molar-refractivity contribution in [3.8, 4) is 0 Å². The van der Waals surface area contributed by atoms with Crippen LogP contribution in [-0.4, -0.2) is 28.8 Å². The van der Waals surface area contributed by atoms with Crippen LogP contribution in [0.1, 0.15) is 37.6 Å². The molecular formula is C15H21N3O3. The third-order valence-electron chi connectivity index (χ3n) is 4.18. The number of nitro groups is 1. The number of likely N-dealkylation sites (tertiary alicyclic amines) is 1. The molecule has 6 heteroatoms. The van der Waals surface area contributed by atoms with Crippen molar-refractivity contribution in [2.75, 3.05) is 18.8 Å². The Labute approximate surface area is 124 Å². The van der Waals surface area contributed by atoms with Crippen molar-refractivity contribution in [2.24, 2.45) is 11.3 Å². The van der Waals surface area contributed by atoms with Gasteiger partial charge in [-0.2, -0.15) is 0 Å². The summed E-state index contributed by atoms with van der Waals surface area (Å²) in [5.41, 5.74) is 6.34. The van der Waals surface area contributed by atoms with E-state index in [-0.39, 0.29) is 28.3 Å². The van der Waals surface area contributed by atoms with Crippen molar-refractivity contribution >= 4 is 17.3 Å². The predicted molar refractivity (Wildman–Crippen MR) is 81.0 cm³/mol. The summed E-state index contributed by atoms with van der Waals surface area (Å²) in [6.07, 6.45) is 0.948. The highest BCUT2D eigenvalue weighted by Crippen LogP contribution is 2.34. The zero-order valence-corrected chi connectivity index (χ0v) is 12.6. The van der Waals surface area contributed by atoms with Gasteiger partial charge in [0.25, 0.3) is 11.6 Å². The molecule has 1 aromatic carbocycles. The fraction of sp³-hybridized carbons (Fsp3) is 0.533. The molecule has 1 atom stereocenters. The first-order chi connectivity index (χ1) is 9.70. The molecule has 1 aromatic rings. The highest BCUT2D eigenvalue weighted by molar-refractivity contribution is 6.00. The van der Waals surface area contributed by atoms with Gasteiger partial charge < -0.3 is 10.6 Å². The number of carbonyl (C=O) groups is 1. The molecule has 0 spiro atoms. The standard InChI is InChI=1S/C15H21N3O3/c1-15(2,3)10-6-7-17(9-10)14(19)12-8-11(18(20)21)4-5-13(12)16/h4-5,8,10H,6-7,9,16H2,1-3H3. The first kappa shape index (κ1) is 15.3. The molecule has 1 fully saturated rings. The van der Waals surface area contributed by atoms with Crippen LogP contribution in [0, 0.1) is 21.4 Å². The molecular weight excluding hydrogens is 270 g/mol. The number of anilines is 1. The molecule has 1 amide bonds. The second-order valence-corrected chi connectivity index (χ2v) is 6.63. The third kappa shape index (κ3) is 3.15. The van der Waals surface area contributed by atoms with Crippen LogP contribution in [0.2, 0.25) is 0 Å². The maximum Gasteiger partial charge on any atom is 0.270 e. The quantitative estimate of drug-likeness (QED) is 0.515. The second-order valence-electron chi connectivity index (χ2n) is 6.63. The Morgan fingerprint density at radius 1 is 1.43 bits per heavy atom. The summed E-state index contributed by atoms with van der Waals surface area (Å²) in [7, 11) is 0. The van der Waals surface area contributed by atoms with Crippen LogP contribution in [-0.2, 0) is 0 Å². The minimum absolute atomic E-state index is 0.112. The first-order valence-electron chi connectivity index (χ1n) is 7.03. The van der Waals surface area contributed by atoms with Gasteiger partial charge in [-0.3, -0.25) is 14.9 Å². The number of rotatable bonds is 2. The van der Waals surface area contributed by atoms with Gasteiger partial charge in [0, 0.05) is 30.9 Å². The van der Waals surface area contributed by atoms with Gasteiger partial charge >= 0.3 is 0 Å². The maximum atomic E-state index is 12.5. The van der Waals surface area contributed by atoms with Crippen LogP contribution in [0.25, 0.3) is 0 Å². The molecule has 0 saturated carbocycles. The number of nitro benzene ring substituents is 1. The Morgan fingerprint density at radius 2 is 2.10 bits per heavy atom. The van der Waals surface area contributed by atoms with Crippen LogP contribution in [0.3, 0.4) is 0 Å². The van der Waals surface area contributed by atoms with Crippen LogP contribution < -0.4 is 5.73 Å². The van der Waals surface area contributed by atoms with E-state index in [2.05, 4.69) is 20.8 Å². The van der Waals surface area contributed by atoms with Gasteiger partial charge in [-0.25, -0.2) is 0 Å². The van der Waals surface area contributed by atoms with E-state index in [0.29, 0.717) is 19.0 Å². The number of hydrogen-bond donors (Lipinski definition) is 1. The number of nitrogen functional groups attached to an aromatic ring is 1. The normalized spacial score (nSPS) is 18.8. The molecule has 0 bridgehead atoms. The molecule has 6 nitrogen and oxygen atoms in total. The van der Waals surface area contributed by atoms with Gasteiger partial charge in [-0.15, -0.1) is 0 Å². The molecule has 2 N–H and O–H groups in total. The van der Waals surface area contributed by atoms with Gasteiger partial charge in [0.05, 0.1) is 10.5 Å². The molecule has 1 aliphatic rings. The van der Waals surface area contributed by atoms with E-state index in [9.17, 15) is 14.9 Å². The van der Waals surface area contributed by atoms with Crippen LogP contribution in [0.15, 0.2) is 18.2 Å². The zero-order valence-electron chi connectivity index (χ0n) is 12.6. The summed E-state index contributed by atoms with van der Waals surface area (Å²) < 4.78 is 0. The molecule has 0 aliphatic carbocycles. The predicted octanol–water partition coefficient (Wildman–Crippen LogP) is 2.69. The largest absolute Gasteiger partial charge is 0.398 e. The fourth-order valence-electron chi connectivity index (χ4n) is 2.66. The molecule has 1 aliphatic heterocycles. The number of nitrogens with two attached hydrogens (primary N) is 1. The van der Waals surface area contributed by atoms with E-state index in [1.54, 1.807) is 4.90 Å². The summed E-state index contributed by atoms with van der Waals surface area (Å²) in [6.45, 7) is 7.82. The van der Waals surface area contributed by atoms with Crippen molar-refractivity contribution in [3.63, 3.8) is 0 Å². The minimum atomic E-state index is -0.516. The molecule has 0 radical (unpaired) electrons. The number of non-ortho nitro benzene ring substituents is 1. The number of carbonyl (C=O) groups excluding carboxylic acids is 1. The highest BCUT2D eigenvalue weighted by atomic mass is 16.6. The van der Waals surface area contributed by atoms with E-state index in [4.69, 9.17) is 5.73 Å². The van der Waals surface area contributed by atoms with Gasteiger partial charge in [0.15, 0.2) is 0 Å². The van der Waals surface area contributed by atoms with Gasteiger partial charge in [-0.1, -0.05) is 20.8 Å². The molecule has 1 heterocycles. The maximum absolute atomic E-state index is 12.5. The van der Waals surface area contributed by atoms with Crippen molar-refractivity contribution in [1.82, 2.24) is 4.90 Å². The lowest BCUT2D eigenvalue weighted by Gasteiger charge is -2.27. The van der Waals surface area contributed by atoms with E-state index >= 15 is 0 Å². The van der Waals surface area contributed by atoms with Gasteiger partial charge in [0.2, 0.25) is 0 Å². The Hall–Kier alpha value is -2.11. The van der Waals surface area contributed by atoms with Crippen LogP contribution in [0.4, 0.5) is 11.4 Å². The number of hydrogen-bond acceptors (Lipinski definition) is 4. The van der Waals surface area contributed by atoms with E-state index in [1.807, 2.05) is 0 Å². The Bertz CT molecular complexity index is 578. The highest BCUT2D eigenvalue weighted by Gasteiger charge is 2.34. The monoisotopic (exact) mass is 291 g/mol. The zero-order chi connectivity index (χ0) is 15.8. The SMILES string of the molecule is CC(C)(C)C1CCN(C(=O)c2cc([N+](=O)[O-])ccc2N)C1. The summed E-state index contributed by atoms with van der Waals surface area (Å²) in [5, 5.41) is 10.8. The van der Waals surface area contributed by atoms with E-state index in [0.717, 1.165) is 6.42 Å². The van der Waals surface area contributed by atoms with Crippen LogP contribution in [0.5, 0.6) is 0 Å². The third-order valence-corrected chi connectivity index (χ3v) is 4.18. The summed E-state index contributed by atoms with van der Waals surface area (Å²) >= 11 is 0. The summed E-state index contributed by atoms with van der Waals surface area (Å²) in [4.78, 5) is 24.6. The minimum Gasteiger partial charge on any atom is -0.398 e. The molecule has 1 unspecified atom stereocenters. The Balaban J connectivity index is 2.22. The molecule has 0 aromatic heterocycles. The topological polar surface area (TPSA) is 89.5 Å². The van der Waals surface area contributed by atoms with E-state index in [1.165, 1.54) is 18.2 Å². The number of benzene rings is 1. The lowest BCUT2D eigenvalue weighted by Crippen LogP contribution is -2.31. The van der Waals surface area contributed by atoms with Crippen molar-refractivity contribution < 1.29 is 9.72 Å². The average molecular weight is 291 g/mol. The molecule has 1 saturated heterocycles. The van der Waals surface area contributed by atoms with Crippen molar-refractivity contribution in [1.29, 1.82) is 0 Å². The van der Waals surface area contributed by atoms with Gasteiger partial charge in [0.1, 0.15) is 0 Å². The molecule has 21 heavy (non-hydrogen) atoms. The lowest BCUT2D eigenvalue weighted by atomic mass is 9.80. The summed E-state index contributed by atoms with van der Waals surface area (Å²) in [5.74, 6) is 0.212. The lowest BCUT2D eigenvalue weighted by molar-refractivity contribution is -0.384. The average Bonchev–Trinajstić information content (AvgIpc) is 2.87. The first-order valence-corrected chi connectivity index (χ1v) is 7.03. The number of amides is 1.